The fraction of sp³-hybridized carbons (Fsp3) is 0.200. The van der Waals surface area contributed by atoms with Gasteiger partial charge in [-0.25, -0.2) is 4.57 Å². The predicted octanol–water partition coefficient (Wildman–Crippen LogP) is 3.75. The third-order valence-electron chi connectivity index (χ3n) is 2.97. The van der Waals surface area contributed by atoms with Crippen LogP contribution in [0.15, 0.2) is 60.7 Å². The number of aryl methyl sites for hydroxylation is 1. The lowest BCUT2D eigenvalue weighted by Crippen LogP contribution is -2.23. The highest BCUT2D eigenvalue weighted by molar-refractivity contribution is 8.93. The smallest absolute Gasteiger partial charge is 0.393 e. The lowest BCUT2D eigenvalue weighted by atomic mass is 10.1. The van der Waals surface area contributed by atoms with Crippen LogP contribution in [0.2, 0.25) is 0 Å². The summed E-state index contributed by atoms with van der Waals surface area (Å²) in [5.41, 5.74) is 6.89. The van der Waals surface area contributed by atoms with Crippen molar-refractivity contribution in [1.82, 2.24) is 0 Å². The summed E-state index contributed by atoms with van der Waals surface area (Å²) in [7, 11) is -3.86. The Labute approximate surface area is 135 Å². The molecule has 0 amide bonds. The highest BCUT2D eigenvalue weighted by Crippen LogP contribution is 2.46. The molecule has 2 unspecified atom stereocenters. The Morgan fingerprint density at radius 2 is 1.57 bits per heavy atom. The fourth-order valence-corrected chi connectivity index (χ4v) is 2.84. The minimum absolute atomic E-state index is 0. The number of rotatable bonds is 6. The van der Waals surface area contributed by atoms with Crippen LogP contribution in [0.1, 0.15) is 12.0 Å². The van der Waals surface area contributed by atoms with E-state index in [1.807, 2.05) is 36.4 Å². The summed E-state index contributed by atoms with van der Waals surface area (Å²) in [5, 5.41) is 0. The van der Waals surface area contributed by atoms with Crippen molar-refractivity contribution in [1.29, 1.82) is 0 Å². The van der Waals surface area contributed by atoms with Gasteiger partial charge in [-0.05, 0) is 30.5 Å². The maximum atomic E-state index is 12.1. The zero-order valence-electron chi connectivity index (χ0n) is 11.5. The van der Waals surface area contributed by atoms with Crippen LogP contribution < -0.4 is 10.3 Å². The summed E-state index contributed by atoms with van der Waals surface area (Å²) in [4.78, 5) is 9.92. The summed E-state index contributed by atoms with van der Waals surface area (Å²) < 4.78 is 17.3. The third-order valence-corrected chi connectivity index (χ3v) is 4.54. The number of nitrogens with two attached hydrogens (primary N) is 1. The van der Waals surface area contributed by atoms with E-state index < -0.39 is 13.4 Å². The van der Waals surface area contributed by atoms with Crippen LogP contribution in [-0.4, -0.2) is 10.7 Å². The topological polar surface area (TPSA) is 72.6 Å². The maximum absolute atomic E-state index is 12.1. The van der Waals surface area contributed by atoms with Crippen molar-refractivity contribution in [2.75, 3.05) is 0 Å². The molecule has 2 aromatic carbocycles. The Balaban J connectivity index is 0.00000220. The lowest BCUT2D eigenvalue weighted by Gasteiger charge is -2.19. The van der Waals surface area contributed by atoms with Crippen molar-refractivity contribution in [2.45, 2.75) is 18.6 Å². The van der Waals surface area contributed by atoms with Gasteiger partial charge in [-0.2, -0.15) is 0 Å². The largest absolute Gasteiger partial charge is 0.423 e. The molecule has 114 valence electrons. The molecule has 0 fully saturated rings. The molecule has 2 atom stereocenters. The van der Waals surface area contributed by atoms with Crippen molar-refractivity contribution in [3.05, 3.63) is 66.2 Å². The molecule has 21 heavy (non-hydrogen) atoms. The Morgan fingerprint density at radius 1 is 1.05 bits per heavy atom. The van der Waals surface area contributed by atoms with Crippen LogP contribution in [0, 0.1) is 0 Å². The molecule has 0 saturated carbocycles. The van der Waals surface area contributed by atoms with Crippen molar-refractivity contribution >= 4 is 24.6 Å². The quantitative estimate of drug-likeness (QED) is 0.758. The molecule has 3 N–H and O–H groups in total. The molecule has 0 spiro atoms. The maximum Gasteiger partial charge on any atom is 0.393 e. The Hall–Kier alpha value is -1.13. The van der Waals surface area contributed by atoms with E-state index in [1.54, 1.807) is 24.3 Å². The van der Waals surface area contributed by atoms with Crippen LogP contribution in [0.25, 0.3) is 0 Å². The molecule has 0 bridgehead atoms. The van der Waals surface area contributed by atoms with E-state index in [2.05, 4.69) is 0 Å². The summed E-state index contributed by atoms with van der Waals surface area (Å²) in [6.45, 7) is 0. The van der Waals surface area contributed by atoms with Gasteiger partial charge in [0.05, 0.1) is 0 Å². The first-order valence-electron chi connectivity index (χ1n) is 6.44. The van der Waals surface area contributed by atoms with Crippen LogP contribution in [0.5, 0.6) is 5.75 Å². The van der Waals surface area contributed by atoms with Gasteiger partial charge in [-0.3, -0.25) is 0 Å². The van der Waals surface area contributed by atoms with Gasteiger partial charge in [-0.15, -0.1) is 17.0 Å². The zero-order valence-corrected chi connectivity index (χ0v) is 14.1. The average molecular weight is 372 g/mol. The highest BCUT2D eigenvalue weighted by atomic mass is 79.9. The number of benzene rings is 2. The molecule has 0 heterocycles. The van der Waals surface area contributed by atoms with Crippen molar-refractivity contribution in [2.24, 2.45) is 5.73 Å². The first-order chi connectivity index (χ1) is 9.58. The number of hydrogen-bond donors (Lipinski definition) is 2. The molecule has 4 nitrogen and oxygen atoms in total. The first-order valence-corrected chi connectivity index (χ1v) is 8.09. The SMILES string of the molecule is Br.NC(CCc1ccccc1)P(=O)(O)Oc1ccccc1. The van der Waals surface area contributed by atoms with Crippen molar-refractivity contribution in [3.8, 4) is 5.75 Å². The van der Waals surface area contributed by atoms with Gasteiger partial charge < -0.3 is 15.2 Å². The highest BCUT2D eigenvalue weighted by Gasteiger charge is 2.30. The number of halogens is 1. The van der Waals surface area contributed by atoms with E-state index in [0.29, 0.717) is 18.6 Å². The monoisotopic (exact) mass is 371 g/mol. The van der Waals surface area contributed by atoms with Gasteiger partial charge in [0.2, 0.25) is 0 Å². The van der Waals surface area contributed by atoms with Crippen LogP contribution in [0.4, 0.5) is 0 Å². The fourth-order valence-electron chi connectivity index (χ4n) is 1.82. The molecule has 0 aliphatic heterocycles. The summed E-state index contributed by atoms with van der Waals surface area (Å²) in [5.74, 6) is -0.545. The van der Waals surface area contributed by atoms with E-state index >= 15 is 0 Å². The van der Waals surface area contributed by atoms with E-state index in [0.717, 1.165) is 5.56 Å². The van der Waals surface area contributed by atoms with Gasteiger partial charge in [0.15, 0.2) is 0 Å². The molecule has 2 aromatic rings. The van der Waals surface area contributed by atoms with E-state index in [4.69, 9.17) is 10.3 Å². The van der Waals surface area contributed by atoms with Gasteiger partial charge in [0.1, 0.15) is 11.5 Å². The van der Waals surface area contributed by atoms with Crippen molar-refractivity contribution in [3.63, 3.8) is 0 Å². The molecule has 0 radical (unpaired) electrons. The molecular weight excluding hydrogens is 353 g/mol. The first kappa shape index (κ1) is 17.9. The van der Waals surface area contributed by atoms with Crippen molar-refractivity contribution < 1.29 is 14.0 Å². The van der Waals surface area contributed by atoms with Gasteiger partial charge >= 0.3 is 7.60 Å². The van der Waals surface area contributed by atoms with E-state index in [1.165, 1.54) is 0 Å². The Morgan fingerprint density at radius 3 is 2.14 bits per heavy atom. The van der Waals surface area contributed by atoms with Crippen LogP contribution in [-0.2, 0) is 11.0 Å². The summed E-state index contributed by atoms with van der Waals surface area (Å²) >= 11 is 0. The summed E-state index contributed by atoms with van der Waals surface area (Å²) in [6.07, 6.45) is 1.04. The zero-order chi connectivity index (χ0) is 14.4. The molecule has 0 aromatic heterocycles. The van der Waals surface area contributed by atoms with Crippen LogP contribution in [0.3, 0.4) is 0 Å². The molecule has 6 heteroatoms. The second-order valence-corrected chi connectivity index (χ2v) is 6.53. The van der Waals surface area contributed by atoms with E-state index in [9.17, 15) is 9.46 Å². The normalized spacial score (nSPS) is 14.6. The average Bonchev–Trinajstić information content (AvgIpc) is 2.46. The molecule has 0 saturated heterocycles. The Bertz CT molecular complexity index is 580. The van der Waals surface area contributed by atoms with Gasteiger partial charge in [0.25, 0.3) is 0 Å². The molecule has 0 aliphatic carbocycles. The van der Waals surface area contributed by atoms with E-state index in [-0.39, 0.29) is 17.0 Å². The molecule has 2 rings (SSSR count). The lowest BCUT2D eigenvalue weighted by molar-refractivity contribution is 0.362. The van der Waals surface area contributed by atoms with Crippen LogP contribution >= 0.6 is 24.6 Å². The second-order valence-electron chi connectivity index (χ2n) is 4.56. The summed E-state index contributed by atoms with van der Waals surface area (Å²) in [6, 6.07) is 18.3. The molecule has 0 aliphatic rings. The number of para-hydroxylation sites is 1. The Kier molecular flexibility index (Phi) is 7.12. The number of hydrogen-bond acceptors (Lipinski definition) is 3. The molecular formula is C15H19BrNO3P. The van der Waals surface area contributed by atoms with Gasteiger partial charge in [-0.1, -0.05) is 48.5 Å². The minimum Gasteiger partial charge on any atom is -0.423 e. The standard InChI is InChI=1S/C15H18NO3P.BrH/c16-15(12-11-13-7-3-1-4-8-13)20(17,18)19-14-9-5-2-6-10-14;/h1-10,15H,11-12,16H2,(H,17,18);1H. The minimum atomic E-state index is -3.86. The predicted molar refractivity (Wildman–Crippen MR) is 90.0 cm³/mol. The van der Waals surface area contributed by atoms with Gasteiger partial charge in [0, 0.05) is 0 Å². The second kappa shape index (κ2) is 8.35. The third kappa shape index (κ3) is 5.64.